The minimum atomic E-state index is -3.92. The van der Waals surface area contributed by atoms with E-state index in [0.29, 0.717) is 34.8 Å². The molecule has 10 heteroatoms. The third kappa shape index (κ3) is 5.48. The number of aromatic amines is 1. The highest BCUT2D eigenvalue weighted by Gasteiger charge is 2.17. The van der Waals surface area contributed by atoms with Gasteiger partial charge in [0.1, 0.15) is 11.6 Å². The predicted molar refractivity (Wildman–Crippen MR) is 115 cm³/mol. The van der Waals surface area contributed by atoms with Gasteiger partial charge in [-0.05, 0) is 49.2 Å². The average Bonchev–Trinajstić information content (AvgIpc) is 2.72. The van der Waals surface area contributed by atoms with Gasteiger partial charge in [0.15, 0.2) is 6.61 Å². The van der Waals surface area contributed by atoms with Crippen LogP contribution in [0.4, 0.5) is 5.69 Å². The molecule has 1 heterocycles. The normalized spacial score (nSPS) is 11.2. The summed E-state index contributed by atoms with van der Waals surface area (Å²) in [6.45, 7) is 2.99. The maximum Gasteiger partial charge on any atom is 0.341 e. The van der Waals surface area contributed by atoms with E-state index in [2.05, 4.69) is 14.7 Å². The van der Waals surface area contributed by atoms with E-state index in [1.807, 2.05) is 6.92 Å². The van der Waals surface area contributed by atoms with Gasteiger partial charge in [-0.15, -0.1) is 0 Å². The van der Waals surface area contributed by atoms with Crippen molar-refractivity contribution >= 4 is 21.7 Å². The Morgan fingerprint density at radius 1 is 1.19 bits per heavy atom. The fourth-order valence-corrected chi connectivity index (χ4v) is 3.99. The smallest absolute Gasteiger partial charge is 0.341 e. The van der Waals surface area contributed by atoms with E-state index in [1.54, 1.807) is 31.2 Å². The minimum absolute atomic E-state index is 0.00223. The topological polar surface area (TPSA) is 138 Å². The second-order valence-electron chi connectivity index (χ2n) is 6.73. The third-order valence-electron chi connectivity index (χ3n) is 4.35. The highest BCUT2D eigenvalue weighted by molar-refractivity contribution is 7.92. The molecule has 31 heavy (non-hydrogen) atoms. The Kier molecular flexibility index (Phi) is 6.40. The zero-order valence-corrected chi connectivity index (χ0v) is 17.7. The first-order valence-electron chi connectivity index (χ1n) is 9.36. The summed E-state index contributed by atoms with van der Waals surface area (Å²) in [4.78, 5) is 29.5. The molecule has 0 unspecified atom stereocenters. The van der Waals surface area contributed by atoms with Gasteiger partial charge in [0.2, 0.25) is 0 Å². The van der Waals surface area contributed by atoms with Crippen molar-refractivity contribution in [2.24, 2.45) is 0 Å². The highest BCUT2D eigenvalue weighted by Crippen LogP contribution is 2.25. The van der Waals surface area contributed by atoms with E-state index >= 15 is 0 Å². The summed E-state index contributed by atoms with van der Waals surface area (Å²) in [6.07, 6.45) is 0.592. The van der Waals surface area contributed by atoms with Crippen LogP contribution in [0.25, 0.3) is 11.4 Å². The molecule has 9 nitrogen and oxygen atoms in total. The van der Waals surface area contributed by atoms with Crippen molar-refractivity contribution in [3.63, 3.8) is 0 Å². The number of carboxylic acid groups (broad SMARTS) is 1. The maximum absolute atomic E-state index is 12.8. The molecule has 1 aromatic heterocycles. The molecule has 3 rings (SSSR count). The molecule has 162 valence electrons. The number of aromatic nitrogens is 2. The van der Waals surface area contributed by atoms with Gasteiger partial charge in [-0.3, -0.25) is 9.52 Å². The summed E-state index contributed by atoms with van der Waals surface area (Å²) in [5.41, 5.74) is 1.68. The number of aryl methyl sites for hydroxylation is 2. The molecule has 0 fully saturated rings. The van der Waals surface area contributed by atoms with Gasteiger partial charge in [-0.2, -0.15) is 0 Å². The second-order valence-corrected chi connectivity index (χ2v) is 8.42. The van der Waals surface area contributed by atoms with Gasteiger partial charge in [0, 0.05) is 23.0 Å². The van der Waals surface area contributed by atoms with Crippen molar-refractivity contribution in [1.82, 2.24) is 9.97 Å². The number of carboxylic acids is 1. The first kappa shape index (κ1) is 22.0. The largest absolute Gasteiger partial charge is 0.482 e. The molecule has 0 amide bonds. The van der Waals surface area contributed by atoms with Crippen LogP contribution in [0.5, 0.6) is 5.75 Å². The highest BCUT2D eigenvalue weighted by atomic mass is 32.2. The van der Waals surface area contributed by atoms with Gasteiger partial charge < -0.3 is 14.8 Å². The number of rotatable bonds is 8. The number of aliphatic carboxylic acids is 1. The number of ether oxygens (including phenoxy) is 1. The maximum atomic E-state index is 12.8. The molecule has 0 aliphatic heterocycles. The Morgan fingerprint density at radius 2 is 1.97 bits per heavy atom. The zero-order valence-electron chi connectivity index (χ0n) is 16.9. The molecule has 0 bridgehead atoms. The van der Waals surface area contributed by atoms with Crippen LogP contribution in [0.2, 0.25) is 0 Å². The Hall–Kier alpha value is -3.66. The van der Waals surface area contributed by atoms with Crippen LogP contribution in [0.3, 0.4) is 0 Å². The van der Waals surface area contributed by atoms with Crippen LogP contribution in [0, 0.1) is 6.92 Å². The lowest BCUT2D eigenvalue weighted by Crippen LogP contribution is -2.14. The molecule has 0 aliphatic rings. The summed E-state index contributed by atoms with van der Waals surface area (Å²) >= 11 is 0. The molecule has 3 N–H and O–H groups in total. The summed E-state index contributed by atoms with van der Waals surface area (Å²) < 4.78 is 33.3. The average molecular weight is 443 g/mol. The van der Waals surface area contributed by atoms with E-state index in [1.165, 1.54) is 24.3 Å². The summed E-state index contributed by atoms with van der Waals surface area (Å²) in [7, 11) is -3.92. The number of H-pyrrole nitrogens is 1. The molecule has 0 saturated heterocycles. The first-order chi connectivity index (χ1) is 14.7. The van der Waals surface area contributed by atoms with Gasteiger partial charge >= 0.3 is 5.97 Å². The van der Waals surface area contributed by atoms with Gasteiger partial charge in [-0.25, -0.2) is 18.2 Å². The number of carbonyl (C=O) groups is 1. The van der Waals surface area contributed by atoms with Crippen molar-refractivity contribution in [2.75, 3.05) is 11.3 Å². The van der Waals surface area contributed by atoms with E-state index in [0.717, 1.165) is 0 Å². The Balaban J connectivity index is 1.86. The second kappa shape index (κ2) is 9.00. The van der Waals surface area contributed by atoms with Crippen LogP contribution < -0.4 is 15.0 Å². The molecule has 0 atom stereocenters. The number of nitrogens with one attached hydrogen (secondary N) is 2. The summed E-state index contributed by atoms with van der Waals surface area (Å²) in [5, 5.41) is 8.71. The van der Waals surface area contributed by atoms with Crippen LogP contribution in [0.15, 0.2) is 58.2 Å². The molecule has 3 aromatic rings. The number of hydrogen-bond donors (Lipinski definition) is 3. The Labute approximate surface area is 178 Å². The van der Waals surface area contributed by atoms with Gasteiger partial charge in [0.05, 0.1) is 4.90 Å². The van der Waals surface area contributed by atoms with Crippen LogP contribution in [0.1, 0.15) is 18.2 Å². The standard InChI is InChI=1S/C21H21N3O6S/c1-3-15-11-19(25)23-21(22-15)14-5-4-6-16(10-14)24-31(28,29)17-7-8-18(13(2)9-17)30-12-20(26)27/h4-11,24H,3,12H2,1-2H3,(H,26,27)(H,22,23,25). The van der Waals surface area contributed by atoms with Gasteiger partial charge in [-0.1, -0.05) is 19.1 Å². The lowest BCUT2D eigenvalue weighted by molar-refractivity contribution is -0.139. The fraction of sp³-hybridized carbons (Fsp3) is 0.190. The Bertz CT molecular complexity index is 1280. The number of anilines is 1. The van der Waals surface area contributed by atoms with Crippen molar-refractivity contribution in [3.05, 3.63) is 70.1 Å². The van der Waals surface area contributed by atoms with Crippen molar-refractivity contribution in [1.29, 1.82) is 0 Å². The van der Waals surface area contributed by atoms with E-state index < -0.39 is 22.6 Å². The van der Waals surface area contributed by atoms with E-state index in [9.17, 15) is 18.0 Å². The third-order valence-corrected chi connectivity index (χ3v) is 5.73. The lowest BCUT2D eigenvalue weighted by atomic mass is 10.2. The predicted octanol–water partition coefficient (Wildman–Crippen LogP) is 2.57. The molecular formula is C21H21N3O6S. The quantitative estimate of drug-likeness (QED) is 0.486. The zero-order chi connectivity index (χ0) is 22.6. The lowest BCUT2D eigenvalue weighted by Gasteiger charge is -2.12. The van der Waals surface area contributed by atoms with Crippen LogP contribution >= 0.6 is 0 Å². The molecule has 0 saturated carbocycles. The number of benzene rings is 2. The minimum Gasteiger partial charge on any atom is -0.482 e. The first-order valence-corrected chi connectivity index (χ1v) is 10.8. The number of nitrogens with zero attached hydrogens (tertiary/aromatic N) is 1. The summed E-state index contributed by atoms with van der Waals surface area (Å²) in [6, 6.07) is 12.1. The number of sulfonamides is 1. The van der Waals surface area contributed by atoms with Crippen LogP contribution in [-0.4, -0.2) is 36.1 Å². The van der Waals surface area contributed by atoms with E-state index in [-0.39, 0.29) is 16.2 Å². The SMILES string of the molecule is CCc1cc(=O)[nH]c(-c2cccc(NS(=O)(=O)c3ccc(OCC(=O)O)c(C)c3)c2)n1. The van der Waals surface area contributed by atoms with Crippen molar-refractivity contribution in [2.45, 2.75) is 25.2 Å². The molecule has 2 aromatic carbocycles. The Morgan fingerprint density at radius 3 is 2.65 bits per heavy atom. The van der Waals surface area contributed by atoms with E-state index in [4.69, 9.17) is 9.84 Å². The molecule has 0 aliphatic carbocycles. The molecule has 0 radical (unpaired) electrons. The molecular weight excluding hydrogens is 422 g/mol. The summed E-state index contributed by atoms with van der Waals surface area (Å²) in [5.74, 6) is -0.492. The van der Waals surface area contributed by atoms with Crippen molar-refractivity contribution < 1.29 is 23.1 Å². The van der Waals surface area contributed by atoms with Crippen LogP contribution in [-0.2, 0) is 21.2 Å². The van der Waals surface area contributed by atoms with Gasteiger partial charge in [0.25, 0.3) is 15.6 Å². The van der Waals surface area contributed by atoms with Crippen molar-refractivity contribution in [3.8, 4) is 17.1 Å². The monoisotopic (exact) mass is 443 g/mol. The fourth-order valence-electron chi connectivity index (χ4n) is 2.86. The number of hydrogen-bond acceptors (Lipinski definition) is 6. The molecule has 0 spiro atoms.